The van der Waals surface area contributed by atoms with Crippen molar-refractivity contribution in [1.29, 1.82) is 0 Å². The van der Waals surface area contributed by atoms with Gasteiger partial charge in [-0.25, -0.2) is 10.1 Å². The summed E-state index contributed by atoms with van der Waals surface area (Å²) in [5.41, 5.74) is 8.82. The summed E-state index contributed by atoms with van der Waals surface area (Å²) in [5, 5.41) is 30.1. The van der Waals surface area contributed by atoms with Crippen LogP contribution in [0.2, 0.25) is 5.02 Å². The summed E-state index contributed by atoms with van der Waals surface area (Å²) in [7, 11) is 0. The van der Waals surface area contributed by atoms with Gasteiger partial charge in [-0.3, -0.25) is 14.9 Å². The Morgan fingerprint density at radius 2 is 2.17 bits per heavy atom. The number of amides is 1. The van der Waals surface area contributed by atoms with Gasteiger partial charge < -0.3 is 10.5 Å². The summed E-state index contributed by atoms with van der Waals surface area (Å²) < 4.78 is 11.4. The molecule has 0 aliphatic rings. The highest BCUT2D eigenvalue weighted by Crippen LogP contribution is 2.29. The molecular weight excluding hydrogens is 482 g/mol. The number of hydrazone groups is 1. The van der Waals surface area contributed by atoms with Gasteiger partial charge in [0.25, 0.3) is 11.6 Å². The fourth-order valence-corrected chi connectivity index (χ4v) is 3.23. The number of hydrogen-bond acceptors (Lipinski definition) is 11. The average Bonchev–Trinajstić information content (AvgIpc) is 3.46. The van der Waals surface area contributed by atoms with Crippen molar-refractivity contribution >= 4 is 35.2 Å². The van der Waals surface area contributed by atoms with Crippen LogP contribution in [0.5, 0.6) is 5.75 Å². The molecule has 0 atom stereocenters. The molecule has 0 bridgehead atoms. The summed E-state index contributed by atoms with van der Waals surface area (Å²) >= 11 is 5.81. The molecule has 0 aliphatic carbocycles. The van der Waals surface area contributed by atoms with Crippen LogP contribution in [-0.4, -0.2) is 49.0 Å². The van der Waals surface area contributed by atoms with E-state index in [2.05, 4.69) is 35.8 Å². The fraction of sp³-hybridized carbons (Fsp3) is 0.100. The number of ether oxygens (including phenoxy) is 1. The van der Waals surface area contributed by atoms with E-state index < -0.39 is 10.8 Å². The maximum Gasteiger partial charge on any atom is 0.294 e. The molecule has 14 nitrogen and oxygen atoms in total. The van der Waals surface area contributed by atoms with E-state index >= 15 is 0 Å². The number of rotatable bonds is 8. The lowest BCUT2D eigenvalue weighted by atomic mass is 10.1. The Morgan fingerprint density at radius 3 is 2.89 bits per heavy atom. The lowest BCUT2D eigenvalue weighted by Crippen LogP contribution is -2.19. The van der Waals surface area contributed by atoms with Crippen molar-refractivity contribution in [3.63, 3.8) is 0 Å². The molecule has 2 aromatic heterocycles. The lowest BCUT2D eigenvalue weighted by Gasteiger charge is -2.08. The summed E-state index contributed by atoms with van der Waals surface area (Å²) in [6.45, 7) is 2.28. The van der Waals surface area contributed by atoms with Crippen LogP contribution < -0.4 is 15.9 Å². The molecule has 0 saturated heterocycles. The summed E-state index contributed by atoms with van der Waals surface area (Å²) in [6, 6.07) is 11.0. The lowest BCUT2D eigenvalue weighted by molar-refractivity contribution is -0.384. The van der Waals surface area contributed by atoms with Crippen molar-refractivity contribution in [3.8, 4) is 22.8 Å². The number of anilines is 1. The van der Waals surface area contributed by atoms with Gasteiger partial charge in [-0.15, -0.1) is 5.10 Å². The molecular formula is C20H16ClN9O5. The second kappa shape index (κ2) is 9.96. The van der Waals surface area contributed by atoms with Crippen LogP contribution in [-0.2, 0) is 0 Å². The molecule has 3 N–H and O–H groups in total. The van der Waals surface area contributed by atoms with E-state index in [0.29, 0.717) is 23.5 Å². The number of benzene rings is 2. The summed E-state index contributed by atoms with van der Waals surface area (Å²) in [4.78, 5) is 23.4. The van der Waals surface area contributed by atoms with Crippen molar-refractivity contribution in [3.05, 3.63) is 68.9 Å². The Labute approximate surface area is 201 Å². The number of nitrogens with two attached hydrogens (primary N) is 1. The second-order valence-corrected chi connectivity index (χ2v) is 7.21. The molecule has 0 spiro atoms. The number of hydrogen-bond donors (Lipinski definition) is 2. The first-order valence-electron chi connectivity index (χ1n) is 9.93. The SMILES string of the molecule is CCOc1cccc(-c2c(C(=O)NN=Cc3ccc(Cl)c([N+](=O)[O-])c3)nnn2-c2nonc2N)c1. The van der Waals surface area contributed by atoms with Gasteiger partial charge >= 0.3 is 0 Å². The Morgan fingerprint density at radius 1 is 1.34 bits per heavy atom. The zero-order valence-corrected chi connectivity index (χ0v) is 18.7. The minimum Gasteiger partial charge on any atom is -0.494 e. The number of halogens is 1. The van der Waals surface area contributed by atoms with Gasteiger partial charge in [0.1, 0.15) is 16.5 Å². The standard InChI is InChI=1S/C20H16ClN9O5/c1-2-34-13-5-3-4-12(9-13)17-16(24-28-29(17)19-18(22)26-35-27-19)20(31)25-23-10-11-6-7-14(21)15(8-11)30(32)33/h3-10H,2H2,1H3,(H2,22,26)(H,25,31). The molecule has 15 heteroatoms. The number of nitrogens with zero attached hydrogens (tertiary/aromatic N) is 7. The summed E-state index contributed by atoms with van der Waals surface area (Å²) in [6.07, 6.45) is 1.22. The fourth-order valence-electron chi connectivity index (χ4n) is 3.05. The molecule has 1 amide bonds. The second-order valence-electron chi connectivity index (χ2n) is 6.80. The van der Waals surface area contributed by atoms with Crippen molar-refractivity contribution in [2.75, 3.05) is 12.3 Å². The topological polar surface area (TPSA) is 189 Å². The molecule has 178 valence electrons. The van der Waals surface area contributed by atoms with Crippen LogP contribution in [0.1, 0.15) is 23.0 Å². The number of aromatic nitrogens is 5. The first kappa shape index (κ1) is 23.3. The predicted octanol–water partition coefficient (Wildman–Crippen LogP) is 2.62. The zero-order valence-electron chi connectivity index (χ0n) is 18.0. The molecule has 0 aliphatic heterocycles. The first-order chi connectivity index (χ1) is 16.9. The largest absolute Gasteiger partial charge is 0.494 e. The van der Waals surface area contributed by atoms with Crippen LogP contribution >= 0.6 is 11.6 Å². The maximum absolute atomic E-state index is 12.9. The average molecular weight is 498 g/mol. The minimum atomic E-state index is -0.720. The summed E-state index contributed by atoms with van der Waals surface area (Å²) in [5.74, 6) is -0.197. The molecule has 0 saturated carbocycles. The van der Waals surface area contributed by atoms with Gasteiger partial charge in [-0.05, 0) is 35.4 Å². The quantitative estimate of drug-likeness (QED) is 0.208. The molecule has 4 aromatic rings. The van der Waals surface area contributed by atoms with Gasteiger partial charge in [0.15, 0.2) is 5.69 Å². The highest BCUT2D eigenvalue weighted by atomic mass is 35.5. The number of carbonyl (C=O) groups excluding carboxylic acids is 1. The van der Waals surface area contributed by atoms with Crippen molar-refractivity contribution < 1.29 is 19.1 Å². The van der Waals surface area contributed by atoms with Gasteiger partial charge in [-0.2, -0.15) is 9.78 Å². The molecule has 4 rings (SSSR count). The number of nitrogens with one attached hydrogen (secondary N) is 1. The molecule has 0 fully saturated rings. The van der Waals surface area contributed by atoms with Crippen molar-refractivity contribution in [1.82, 2.24) is 30.7 Å². The third kappa shape index (κ3) is 4.91. The van der Waals surface area contributed by atoms with Crippen molar-refractivity contribution in [2.24, 2.45) is 5.10 Å². The predicted molar refractivity (Wildman–Crippen MR) is 123 cm³/mol. The first-order valence-corrected chi connectivity index (χ1v) is 10.3. The van der Waals surface area contributed by atoms with E-state index in [4.69, 9.17) is 22.1 Å². The van der Waals surface area contributed by atoms with Gasteiger partial charge in [0, 0.05) is 17.2 Å². The molecule has 2 heterocycles. The highest BCUT2D eigenvalue weighted by Gasteiger charge is 2.25. The maximum atomic E-state index is 12.9. The van der Waals surface area contributed by atoms with E-state index in [-0.39, 0.29) is 33.7 Å². The third-order valence-electron chi connectivity index (χ3n) is 4.55. The number of carbonyl (C=O) groups is 1. The minimum absolute atomic E-state index is 0.0201. The van der Waals surface area contributed by atoms with Gasteiger partial charge in [0.05, 0.1) is 17.7 Å². The van der Waals surface area contributed by atoms with Crippen LogP contribution in [0.25, 0.3) is 17.1 Å². The monoisotopic (exact) mass is 497 g/mol. The molecule has 2 aromatic carbocycles. The number of nitro benzene ring substituents is 1. The normalized spacial score (nSPS) is 11.0. The van der Waals surface area contributed by atoms with Gasteiger partial charge in [-0.1, -0.05) is 35.0 Å². The van der Waals surface area contributed by atoms with E-state index in [0.717, 1.165) is 0 Å². The van der Waals surface area contributed by atoms with E-state index in [1.54, 1.807) is 24.3 Å². The van der Waals surface area contributed by atoms with Crippen LogP contribution in [0, 0.1) is 10.1 Å². The Hall–Kier alpha value is -4.85. The Balaban J connectivity index is 1.67. The van der Waals surface area contributed by atoms with Crippen molar-refractivity contribution in [2.45, 2.75) is 6.92 Å². The van der Waals surface area contributed by atoms with Crippen LogP contribution in [0.15, 0.2) is 52.2 Å². The molecule has 0 radical (unpaired) electrons. The Kier molecular flexibility index (Phi) is 6.64. The Bertz CT molecular complexity index is 1430. The van der Waals surface area contributed by atoms with E-state index in [1.807, 2.05) is 6.92 Å². The van der Waals surface area contributed by atoms with Gasteiger partial charge in [0.2, 0.25) is 11.6 Å². The number of nitro groups is 1. The third-order valence-corrected chi connectivity index (χ3v) is 4.87. The molecule has 0 unspecified atom stereocenters. The van der Waals surface area contributed by atoms with Crippen LogP contribution in [0.4, 0.5) is 11.5 Å². The smallest absolute Gasteiger partial charge is 0.294 e. The van der Waals surface area contributed by atoms with E-state index in [1.165, 1.54) is 29.1 Å². The van der Waals surface area contributed by atoms with E-state index in [9.17, 15) is 14.9 Å². The molecule has 35 heavy (non-hydrogen) atoms. The zero-order chi connectivity index (χ0) is 24.9. The van der Waals surface area contributed by atoms with Crippen LogP contribution in [0.3, 0.4) is 0 Å². The highest BCUT2D eigenvalue weighted by molar-refractivity contribution is 6.32. The number of nitrogen functional groups attached to an aromatic ring is 1.